The van der Waals surface area contributed by atoms with Gasteiger partial charge >= 0.3 is 5.97 Å². The van der Waals surface area contributed by atoms with Crippen LogP contribution in [0.15, 0.2) is 0 Å². The van der Waals surface area contributed by atoms with E-state index in [4.69, 9.17) is 5.11 Å². The van der Waals surface area contributed by atoms with Crippen molar-refractivity contribution < 1.29 is 19.5 Å². The molecule has 7 nitrogen and oxygen atoms in total. The molecule has 1 aliphatic heterocycles. The highest BCUT2D eigenvalue weighted by Gasteiger charge is 2.24. The van der Waals surface area contributed by atoms with Gasteiger partial charge in [-0.05, 0) is 25.3 Å². The van der Waals surface area contributed by atoms with E-state index < -0.39 is 5.97 Å². The molecule has 0 radical (unpaired) electrons. The van der Waals surface area contributed by atoms with Gasteiger partial charge in [0.1, 0.15) is 0 Å². The maximum Gasteiger partial charge on any atom is 0.303 e. The molecular weight excluding hydrogens is 238 g/mol. The molecule has 7 heteroatoms. The molecule has 1 fully saturated rings. The lowest BCUT2D eigenvalue weighted by Crippen LogP contribution is -2.45. The molecule has 0 saturated carbocycles. The first kappa shape index (κ1) is 14.4. The molecule has 1 aliphatic rings. The van der Waals surface area contributed by atoms with Crippen LogP contribution in [0.4, 0.5) is 0 Å². The largest absolute Gasteiger partial charge is 0.481 e. The first-order chi connectivity index (χ1) is 8.47. The van der Waals surface area contributed by atoms with Gasteiger partial charge in [0.15, 0.2) is 0 Å². The van der Waals surface area contributed by atoms with Gasteiger partial charge in [-0.3, -0.25) is 30.1 Å². The predicted molar refractivity (Wildman–Crippen MR) is 63.4 cm³/mol. The van der Waals surface area contributed by atoms with E-state index in [9.17, 15) is 14.4 Å². The van der Waals surface area contributed by atoms with E-state index in [2.05, 4.69) is 10.9 Å². The van der Waals surface area contributed by atoms with Crippen molar-refractivity contribution >= 4 is 17.8 Å². The van der Waals surface area contributed by atoms with Crippen LogP contribution in [0.25, 0.3) is 0 Å². The normalized spacial score (nSPS) is 19.5. The number of amides is 2. The van der Waals surface area contributed by atoms with Crippen molar-refractivity contribution in [1.82, 2.24) is 15.8 Å². The number of rotatable bonds is 5. The average molecular weight is 257 g/mol. The summed E-state index contributed by atoms with van der Waals surface area (Å²) in [6.45, 7) is 3.07. The fraction of sp³-hybridized carbons (Fsp3) is 0.727. The minimum atomic E-state index is -0.781. The van der Waals surface area contributed by atoms with Crippen LogP contribution in [0.5, 0.6) is 0 Å². The number of hydrogen-bond acceptors (Lipinski definition) is 4. The lowest BCUT2D eigenvalue weighted by molar-refractivity contribution is -0.137. The number of likely N-dealkylation sites (tertiary alicyclic amines) is 1. The van der Waals surface area contributed by atoms with Crippen LogP contribution in [-0.2, 0) is 14.4 Å². The van der Waals surface area contributed by atoms with Crippen molar-refractivity contribution in [2.45, 2.75) is 26.2 Å². The van der Waals surface area contributed by atoms with Gasteiger partial charge in [-0.15, -0.1) is 0 Å². The number of aliphatic carboxylic acids is 1. The number of hydrogen-bond donors (Lipinski definition) is 3. The van der Waals surface area contributed by atoms with Gasteiger partial charge in [-0.2, -0.15) is 0 Å². The molecule has 1 unspecified atom stereocenters. The van der Waals surface area contributed by atoms with Crippen molar-refractivity contribution in [3.05, 3.63) is 0 Å². The molecule has 0 bridgehead atoms. The zero-order valence-corrected chi connectivity index (χ0v) is 10.4. The highest BCUT2D eigenvalue weighted by atomic mass is 16.4. The Labute approximate surface area is 105 Å². The molecular formula is C11H19N3O4. The second-order valence-corrected chi connectivity index (χ2v) is 4.55. The van der Waals surface area contributed by atoms with Gasteiger partial charge in [-0.1, -0.05) is 0 Å². The topological polar surface area (TPSA) is 98.7 Å². The molecule has 0 aliphatic carbocycles. The molecule has 0 aromatic carbocycles. The summed E-state index contributed by atoms with van der Waals surface area (Å²) in [4.78, 5) is 34.4. The summed E-state index contributed by atoms with van der Waals surface area (Å²) in [7, 11) is 0. The van der Waals surface area contributed by atoms with Gasteiger partial charge in [0.2, 0.25) is 5.91 Å². The van der Waals surface area contributed by atoms with E-state index in [1.54, 1.807) is 0 Å². The Morgan fingerprint density at radius 2 is 2.06 bits per heavy atom. The standard InChI is InChI=1S/C11H19N3O4/c1-8(15)12-13-10(16)7-14-5-4-9(6-14)2-3-11(17)18/h9H,2-7H2,1H3,(H,12,15)(H,13,16)(H,17,18). The monoisotopic (exact) mass is 257 g/mol. The maximum absolute atomic E-state index is 11.4. The number of nitrogens with zero attached hydrogens (tertiary/aromatic N) is 1. The predicted octanol–water partition coefficient (Wildman–Crippen LogP) is -0.660. The molecule has 18 heavy (non-hydrogen) atoms. The number of nitrogens with one attached hydrogen (secondary N) is 2. The Kier molecular flexibility index (Phi) is 5.57. The van der Waals surface area contributed by atoms with E-state index in [1.165, 1.54) is 6.92 Å². The van der Waals surface area contributed by atoms with Crippen molar-refractivity contribution in [3.8, 4) is 0 Å². The number of hydrazine groups is 1. The van der Waals surface area contributed by atoms with Crippen LogP contribution in [0.2, 0.25) is 0 Å². The lowest BCUT2D eigenvalue weighted by atomic mass is 10.0. The number of carboxylic acids is 1. The first-order valence-electron chi connectivity index (χ1n) is 5.97. The Bertz CT molecular complexity index is 332. The van der Waals surface area contributed by atoms with E-state index in [1.807, 2.05) is 4.90 Å². The van der Waals surface area contributed by atoms with Crippen LogP contribution in [-0.4, -0.2) is 47.4 Å². The summed E-state index contributed by atoms with van der Waals surface area (Å²) in [6, 6.07) is 0. The summed E-state index contributed by atoms with van der Waals surface area (Å²) in [6.07, 6.45) is 1.75. The molecule has 1 atom stereocenters. The minimum absolute atomic E-state index is 0.177. The second kappa shape index (κ2) is 6.95. The SMILES string of the molecule is CC(=O)NNC(=O)CN1CCC(CCC(=O)O)C1. The fourth-order valence-corrected chi connectivity index (χ4v) is 2.02. The second-order valence-electron chi connectivity index (χ2n) is 4.55. The summed E-state index contributed by atoms with van der Waals surface area (Å²) >= 11 is 0. The molecule has 0 aromatic rings. The van der Waals surface area contributed by atoms with Crippen LogP contribution < -0.4 is 10.9 Å². The molecule has 3 N–H and O–H groups in total. The third kappa shape index (κ3) is 5.62. The van der Waals surface area contributed by atoms with Crippen molar-refractivity contribution in [1.29, 1.82) is 0 Å². The van der Waals surface area contributed by atoms with E-state index in [0.29, 0.717) is 12.3 Å². The smallest absolute Gasteiger partial charge is 0.303 e. The summed E-state index contributed by atoms with van der Waals surface area (Å²) in [5, 5.41) is 8.59. The molecule has 102 valence electrons. The Balaban J connectivity index is 2.19. The van der Waals surface area contributed by atoms with E-state index >= 15 is 0 Å². The Morgan fingerprint density at radius 3 is 2.67 bits per heavy atom. The maximum atomic E-state index is 11.4. The van der Waals surface area contributed by atoms with E-state index in [0.717, 1.165) is 19.5 Å². The Morgan fingerprint density at radius 1 is 1.33 bits per heavy atom. The van der Waals surface area contributed by atoms with Gasteiger partial charge in [0.05, 0.1) is 6.54 Å². The third-order valence-electron chi connectivity index (χ3n) is 2.88. The number of carboxylic acid groups (broad SMARTS) is 1. The van der Waals surface area contributed by atoms with Gasteiger partial charge < -0.3 is 5.11 Å². The number of carbonyl (C=O) groups is 3. The first-order valence-corrected chi connectivity index (χ1v) is 5.97. The molecule has 1 heterocycles. The minimum Gasteiger partial charge on any atom is -0.481 e. The van der Waals surface area contributed by atoms with Crippen LogP contribution >= 0.6 is 0 Å². The zero-order chi connectivity index (χ0) is 13.5. The third-order valence-corrected chi connectivity index (χ3v) is 2.88. The van der Waals surface area contributed by atoms with Crippen LogP contribution in [0.1, 0.15) is 26.2 Å². The highest BCUT2D eigenvalue weighted by molar-refractivity contribution is 5.81. The molecule has 2 amide bonds. The van der Waals surface area contributed by atoms with Crippen molar-refractivity contribution in [2.24, 2.45) is 5.92 Å². The molecule has 1 rings (SSSR count). The zero-order valence-electron chi connectivity index (χ0n) is 10.4. The van der Waals surface area contributed by atoms with Crippen LogP contribution in [0.3, 0.4) is 0 Å². The van der Waals surface area contributed by atoms with E-state index in [-0.39, 0.29) is 24.8 Å². The molecule has 0 spiro atoms. The van der Waals surface area contributed by atoms with Gasteiger partial charge in [-0.25, -0.2) is 0 Å². The fourth-order valence-electron chi connectivity index (χ4n) is 2.02. The summed E-state index contributed by atoms with van der Waals surface area (Å²) in [5.41, 5.74) is 4.53. The van der Waals surface area contributed by atoms with Gasteiger partial charge in [0, 0.05) is 19.9 Å². The summed E-state index contributed by atoms with van der Waals surface area (Å²) in [5.74, 6) is -1.01. The van der Waals surface area contributed by atoms with Crippen LogP contribution in [0, 0.1) is 5.92 Å². The summed E-state index contributed by atoms with van der Waals surface area (Å²) < 4.78 is 0. The average Bonchev–Trinajstić information content (AvgIpc) is 2.71. The highest BCUT2D eigenvalue weighted by Crippen LogP contribution is 2.20. The van der Waals surface area contributed by atoms with Crippen molar-refractivity contribution in [2.75, 3.05) is 19.6 Å². The lowest BCUT2D eigenvalue weighted by Gasteiger charge is -2.15. The Hall–Kier alpha value is -1.63. The van der Waals surface area contributed by atoms with Gasteiger partial charge in [0.25, 0.3) is 5.91 Å². The quantitative estimate of drug-likeness (QED) is 0.568. The molecule has 0 aromatic heterocycles. The number of carbonyl (C=O) groups excluding carboxylic acids is 2. The van der Waals surface area contributed by atoms with Crippen molar-refractivity contribution in [3.63, 3.8) is 0 Å². The molecule has 1 saturated heterocycles.